The Morgan fingerprint density at radius 3 is 3.14 bits per heavy atom. The topological polar surface area (TPSA) is 53.1 Å². The molecule has 2 N–H and O–H groups in total. The highest BCUT2D eigenvalue weighted by Crippen LogP contribution is 2.36. The van der Waals surface area contributed by atoms with Gasteiger partial charge in [-0.1, -0.05) is 13.3 Å². The first-order valence-corrected chi connectivity index (χ1v) is 5.17. The summed E-state index contributed by atoms with van der Waals surface area (Å²) in [5, 5.41) is 8.83. The third-order valence-corrected chi connectivity index (χ3v) is 2.98. The molecule has 1 aliphatic rings. The average Bonchev–Trinajstić information content (AvgIpc) is 2.67. The first-order valence-electron chi connectivity index (χ1n) is 5.17. The van der Waals surface area contributed by atoms with Gasteiger partial charge in [-0.25, -0.2) is 4.79 Å². The van der Waals surface area contributed by atoms with Crippen molar-refractivity contribution in [2.45, 2.75) is 38.5 Å². The second-order valence-corrected chi connectivity index (χ2v) is 3.95. The van der Waals surface area contributed by atoms with Crippen LogP contribution in [-0.2, 0) is 6.42 Å². The first kappa shape index (κ1) is 9.31. The van der Waals surface area contributed by atoms with Crippen LogP contribution in [0, 0.1) is 0 Å². The van der Waals surface area contributed by atoms with Gasteiger partial charge in [-0.3, -0.25) is 0 Å². The fourth-order valence-electron chi connectivity index (χ4n) is 2.32. The third-order valence-electron chi connectivity index (χ3n) is 2.98. The molecule has 1 atom stereocenters. The summed E-state index contributed by atoms with van der Waals surface area (Å²) in [7, 11) is 0. The van der Waals surface area contributed by atoms with E-state index in [1.54, 1.807) is 0 Å². The lowest BCUT2D eigenvalue weighted by atomic mass is 9.98. The summed E-state index contributed by atoms with van der Waals surface area (Å²) in [6.45, 7) is 2.17. The number of carboxylic acids is 1. The number of aromatic nitrogens is 1. The maximum Gasteiger partial charge on any atom is 0.352 e. The van der Waals surface area contributed by atoms with Crippen LogP contribution in [0.5, 0.6) is 0 Å². The van der Waals surface area contributed by atoms with Crippen molar-refractivity contribution in [3.05, 3.63) is 23.0 Å². The number of carbonyl (C=O) groups is 1. The van der Waals surface area contributed by atoms with E-state index in [2.05, 4.69) is 11.9 Å². The number of carboxylic acid groups (broad SMARTS) is 1. The summed E-state index contributed by atoms with van der Waals surface area (Å²) in [5.74, 6) is -0.269. The number of rotatable bonds is 3. The summed E-state index contributed by atoms with van der Waals surface area (Å²) in [5.41, 5.74) is 2.72. The summed E-state index contributed by atoms with van der Waals surface area (Å²) >= 11 is 0. The largest absolute Gasteiger partial charge is 0.477 e. The Morgan fingerprint density at radius 2 is 2.50 bits per heavy atom. The number of aromatic amines is 1. The van der Waals surface area contributed by atoms with Gasteiger partial charge in [-0.05, 0) is 36.8 Å². The van der Waals surface area contributed by atoms with Crippen LogP contribution in [0.1, 0.15) is 53.8 Å². The van der Waals surface area contributed by atoms with E-state index in [0.29, 0.717) is 11.6 Å². The van der Waals surface area contributed by atoms with Gasteiger partial charge in [-0.2, -0.15) is 0 Å². The third kappa shape index (κ3) is 1.43. The molecule has 0 amide bonds. The van der Waals surface area contributed by atoms with Crippen molar-refractivity contribution < 1.29 is 9.90 Å². The molecule has 1 aliphatic carbocycles. The average molecular weight is 193 g/mol. The lowest BCUT2D eigenvalue weighted by Gasteiger charge is -2.06. The van der Waals surface area contributed by atoms with Gasteiger partial charge in [0.05, 0.1) is 0 Å². The molecule has 0 aliphatic heterocycles. The van der Waals surface area contributed by atoms with Crippen molar-refractivity contribution in [2.75, 3.05) is 0 Å². The van der Waals surface area contributed by atoms with E-state index in [4.69, 9.17) is 5.11 Å². The maximum atomic E-state index is 10.7. The molecule has 0 aromatic carbocycles. The van der Waals surface area contributed by atoms with Crippen molar-refractivity contribution in [2.24, 2.45) is 0 Å². The molecule has 1 aromatic heterocycles. The Kier molecular flexibility index (Phi) is 2.32. The monoisotopic (exact) mass is 193 g/mol. The van der Waals surface area contributed by atoms with E-state index in [-0.39, 0.29) is 0 Å². The summed E-state index contributed by atoms with van der Waals surface area (Å²) in [6, 6.07) is 1.81. The number of aromatic carboxylic acids is 1. The summed E-state index contributed by atoms with van der Waals surface area (Å²) in [6.07, 6.45) is 4.52. The van der Waals surface area contributed by atoms with Gasteiger partial charge in [0, 0.05) is 5.69 Å². The minimum atomic E-state index is -0.852. The lowest BCUT2D eigenvalue weighted by molar-refractivity contribution is 0.0691. The molecule has 0 spiro atoms. The highest BCUT2D eigenvalue weighted by Gasteiger charge is 2.25. The van der Waals surface area contributed by atoms with Crippen LogP contribution in [0.25, 0.3) is 0 Å². The molecule has 1 aromatic rings. The Bertz CT molecular complexity index is 354. The fraction of sp³-hybridized carbons (Fsp3) is 0.545. The zero-order valence-corrected chi connectivity index (χ0v) is 8.34. The van der Waals surface area contributed by atoms with Crippen LogP contribution in [0.2, 0.25) is 0 Å². The fourth-order valence-corrected chi connectivity index (χ4v) is 2.32. The molecule has 1 heterocycles. The molecule has 2 rings (SSSR count). The maximum absolute atomic E-state index is 10.7. The summed E-state index contributed by atoms with van der Waals surface area (Å²) < 4.78 is 0. The van der Waals surface area contributed by atoms with E-state index >= 15 is 0 Å². The molecule has 0 unspecified atom stereocenters. The Morgan fingerprint density at radius 1 is 1.71 bits per heavy atom. The minimum absolute atomic E-state index is 0.343. The van der Waals surface area contributed by atoms with Crippen molar-refractivity contribution in [3.8, 4) is 0 Å². The molecular weight excluding hydrogens is 178 g/mol. The zero-order valence-electron chi connectivity index (χ0n) is 8.34. The Balaban J connectivity index is 2.26. The molecule has 3 heteroatoms. The number of hydrogen-bond donors (Lipinski definition) is 2. The van der Waals surface area contributed by atoms with E-state index in [1.165, 1.54) is 18.4 Å². The highest BCUT2D eigenvalue weighted by molar-refractivity contribution is 5.86. The highest BCUT2D eigenvalue weighted by atomic mass is 16.4. The Labute approximate surface area is 83.1 Å². The predicted octanol–water partition coefficient (Wildman–Crippen LogP) is 2.54. The molecule has 3 nitrogen and oxygen atoms in total. The standard InChI is InChI=1S/C11H15NO2/c1-2-3-7-4-5-9-8(7)6-10(12-9)11(13)14/h6-7,12H,2-5H2,1H3,(H,13,14)/t7-/m0/s1. The molecule has 14 heavy (non-hydrogen) atoms. The molecule has 0 saturated heterocycles. The predicted molar refractivity (Wildman–Crippen MR) is 53.7 cm³/mol. The van der Waals surface area contributed by atoms with Crippen LogP contribution in [0.4, 0.5) is 0 Å². The van der Waals surface area contributed by atoms with Gasteiger partial charge < -0.3 is 10.1 Å². The molecule has 0 fully saturated rings. The van der Waals surface area contributed by atoms with Crippen LogP contribution in [0.15, 0.2) is 6.07 Å². The summed E-state index contributed by atoms with van der Waals surface area (Å²) in [4.78, 5) is 13.7. The van der Waals surface area contributed by atoms with Crippen molar-refractivity contribution in [1.82, 2.24) is 4.98 Å². The van der Waals surface area contributed by atoms with Gasteiger partial charge in [0.25, 0.3) is 0 Å². The van der Waals surface area contributed by atoms with Crippen LogP contribution < -0.4 is 0 Å². The van der Waals surface area contributed by atoms with Crippen LogP contribution >= 0.6 is 0 Å². The van der Waals surface area contributed by atoms with E-state index < -0.39 is 5.97 Å². The molecule has 76 valence electrons. The van der Waals surface area contributed by atoms with Crippen molar-refractivity contribution in [3.63, 3.8) is 0 Å². The zero-order chi connectivity index (χ0) is 10.1. The molecular formula is C11H15NO2. The van der Waals surface area contributed by atoms with E-state index in [9.17, 15) is 4.79 Å². The quantitative estimate of drug-likeness (QED) is 0.775. The number of aryl methyl sites for hydroxylation is 1. The van der Waals surface area contributed by atoms with Crippen LogP contribution in [-0.4, -0.2) is 16.1 Å². The first-order chi connectivity index (χ1) is 6.72. The number of nitrogens with one attached hydrogen (secondary N) is 1. The molecule has 0 saturated carbocycles. The number of hydrogen-bond acceptors (Lipinski definition) is 1. The Hall–Kier alpha value is -1.25. The normalized spacial score (nSPS) is 19.6. The SMILES string of the molecule is CCC[C@H]1CCc2[nH]c(C(=O)O)cc21. The lowest BCUT2D eigenvalue weighted by Crippen LogP contribution is -1.97. The van der Waals surface area contributed by atoms with Gasteiger partial charge in [0.1, 0.15) is 5.69 Å². The second kappa shape index (κ2) is 3.48. The van der Waals surface area contributed by atoms with Crippen LogP contribution in [0.3, 0.4) is 0 Å². The van der Waals surface area contributed by atoms with E-state index in [1.807, 2.05) is 6.07 Å². The molecule has 0 radical (unpaired) electrons. The van der Waals surface area contributed by atoms with Crippen molar-refractivity contribution >= 4 is 5.97 Å². The van der Waals surface area contributed by atoms with E-state index in [0.717, 1.165) is 18.5 Å². The minimum Gasteiger partial charge on any atom is -0.477 e. The number of H-pyrrole nitrogens is 1. The smallest absolute Gasteiger partial charge is 0.352 e. The number of fused-ring (bicyclic) bond motifs is 1. The van der Waals surface area contributed by atoms with Gasteiger partial charge in [-0.15, -0.1) is 0 Å². The van der Waals surface area contributed by atoms with Gasteiger partial charge >= 0.3 is 5.97 Å². The van der Waals surface area contributed by atoms with Gasteiger partial charge in [0.2, 0.25) is 0 Å². The molecule has 0 bridgehead atoms. The van der Waals surface area contributed by atoms with Crippen molar-refractivity contribution in [1.29, 1.82) is 0 Å². The second-order valence-electron chi connectivity index (χ2n) is 3.95. The van der Waals surface area contributed by atoms with Gasteiger partial charge in [0.15, 0.2) is 0 Å².